The van der Waals surface area contributed by atoms with Gasteiger partial charge >= 0.3 is 0 Å². The van der Waals surface area contributed by atoms with Gasteiger partial charge in [0.2, 0.25) is 0 Å². The Balaban J connectivity index is 2.47. The van der Waals surface area contributed by atoms with Crippen LogP contribution in [0.1, 0.15) is 18.1 Å². The lowest BCUT2D eigenvalue weighted by atomic mass is 10.0. The molecule has 0 radical (unpaired) electrons. The molecular weight excluding hydrogens is 184 g/mol. The molecule has 3 rings (SSSR count). The molecule has 15 heavy (non-hydrogen) atoms. The Morgan fingerprint density at radius 1 is 1.13 bits per heavy atom. The molecule has 0 atom stereocenters. The second kappa shape index (κ2) is 2.86. The van der Waals surface area contributed by atoms with E-state index in [1.807, 2.05) is 0 Å². The molecule has 1 N–H and O–H groups in total. The zero-order valence-corrected chi connectivity index (χ0v) is 8.62. The van der Waals surface area contributed by atoms with E-state index in [2.05, 4.69) is 36.4 Å². The van der Waals surface area contributed by atoms with E-state index < -0.39 is 0 Å². The molecule has 2 aromatic carbocycles. The Labute approximate surface area is 88.7 Å². The fraction of sp³-hybridized carbons (Fsp3) is 0.143. The lowest BCUT2D eigenvalue weighted by molar-refractivity contribution is 0.416. The molecule has 0 bridgehead atoms. The Morgan fingerprint density at radius 3 is 2.60 bits per heavy atom. The summed E-state index contributed by atoms with van der Waals surface area (Å²) in [4.78, 5) is 0. The first-order valence-corrected chi connectivity index (χ1v) is 5.17. The van der Waals surface area contributed by atoms with Gasteiger partial charge in [0.05, 0.1) is 5.76 Å². The molecule has 0 saturated carbocycles. The SMILES string of the molecule is CC(O)=C1Cc2cccc3cccc1c23. The molecule has 0 amide bonds. The maximum absolute atomic E-state index is 9.66. The Morgan fingerprint density at radius 2 is 1.87 bits per heavy atom. The smallest absolute Gasteiger partial charge is 0.0933 e. The predicted octanol–water partition coefficient (Wildman–Crippen LogP) is 3.68. The van der Waals surface area contributed by atoms with E-state index >= 15 is 0 Å². The average Bonchev–Trinajstić information content (AvgIpc) is 2.61. The van der Waals surface area contributed by atoms with Crippen LogP contribution in [0, 0.1) is 0 Å². The molecule has 0 fully saturated rings. The highest BCUT2D eigenvalue weighted by Crippen LogP contribution is 2.38. The van der Waals surface area contributed by atoms with Crippen LogP contribution in [0.2, 0.25) is 0 Å². The van der Waals surface area contributed by atoms with Crippen LogP contribution in [-0.2, 0) is 6.42 Å². The quantitative estimate of drug-likeness (QED) is 0.637. The van der Waals surface area contributed by atoms with Gasteiger partial charge in [0, 0.05) is 12.0 Å². The summed E-state index contributed by atoms with van der Waals surface area (Å²) in [6, 6.07) is 12.6. The van der Waals surface area contributed by atoms with Gasteiger partial charge in [0.1, 0.15) is 0 Å². The summed E-state index contributed by atoms with van der Waals surface area (Å²) in [5, 5.41) is 12.2. The van der Waals surface area contributed by atoms with E-state index in [-0.39, 0.29) is 0 Å². The number of benzene rings is 2. The number of hydrogen-bond acceptors (Lipinski definition) is 1. The van der Waals surface area contributed by atoms with Gasteiger partial charge < -0.3 is 5.11 Å². The zero-order chi connectivity index (χ0) is 10.4. The van der Waals surface area contributed by atoms with Crippen molar-refractivity contribution in [1.29, 1.82) is 0 Å². The van der Waals surface area contributed by atoms with Gasteiger partial charge in [-0.25, -0.2) is 0 Å². The molecule has 1 aliphatic rings. The molecule has 74 valence electrons. The van der Waals surface area contributed by atoms with E-state index in [4.69, 9.17) is 0 Å². The summed E-state index contributed by atoms with van der Waals surface area (Å²) in [5.74, 6) is 0.443. The van der Waals surface area contributed by atoms with Crippen LogP contribution in [0.25, 0.3) is 16.3 Å². The average molecular weight is 196 g/mol. The molecule has 2 aromatic rings. The standard InChI is InChI=1S/C14H12O/c1-9(15)13-8-11-6-2-4-10-5-3-7-12(13)14(10)11/h2-7,15H,8H2,1H3. The molecule has 0 spiro atoms. The number of allylic oxidation sites excluding steroid dienone is 2. The van der Waals surface area contributed by atoms with Gasteiger partial charge in [0.15, 0.2) is 0 Å². The second-order valence-electron chi connectivity index (χ2n) is 4.06. The van der Waals surface area contributed by atoms with Crippen LogP contribution in [0.3, 0.4) is 0 Å². The van der Waals surface area contributed by atoms with Crippen LogP contribution in [-0.4, -0.2) is 5.11 Å². The van der Waals surface area contributed by atoms with Crippen molar-refractivity contribution < 1.29 is 5.11 Å². The molecule has 1 heteroatoms. The normalized spacial score (nSPS) is 17.1. The maximum atomic E-state index is 9.66. The first-order chi connectivity index (χ1) is 7.27. The van der Waals surface area contributed by atoms with Crippen molar-refractivity contribution in [2.24, 2.45) is 0 Å². The van der Waals surface area contributed by atoms with Crippen molar-refractivity contribution >= 4 is 16.3 Å². The number of aliphatic hydroxyl groups is 1. The van der Waals surface area contributed by atoms with Crippen molar-refractivity contribution in [3.05, 3.63) is 53.3 Å². The number of hydrogen-bond donors (Lipinski definition) is 1. The van der Waals surface area contributed by atoms with Crippen LogP contribution >= 0.6 is 0 Å². The van der Waals surface area contributed by atoms with Gasteiger partial charge in [-0.3, -0.25) is 0 Å². The van der Waals surface area contributed by atoms with Gasteiger partial charge in [-0.1, -0.05) is 36.4 Å². The van der Waals surface area contributed by atoms with Crippen LogP contribution in [0.4, 0.5) is 0 Å². The highest BCUT2D eigenvalue weighted by molar-refractivity contribution is 6.01. The van der Waals surface area contributed by atoms with Crippen molar-refractivity contribution in [3.8, 4) is 0 Å². The minimum atomic E-state index is 0.443. The highest BCUT2D eigenvalue weighted by atomic mass is 16.3. The van der Waals surface area contributed by atoms with E-state index in [0.717, 1.165) is 12.0 Å². The third-order valence-electron chi connectivity index (χ3n) is 3.12. The van der Waals surface area contributed by atoms with Crippen LogP contribution in [0.5, 0.6) is 0 Å². The van der Waals surface area contributed by atoms with Crippen molar-refractivity contribution in [3.63, 3.8) is 0 Å². The fourth-order valence-corrected chi connectivity index (χ4v) is 2.43. The minimum Gasteiger partial charge on any atom is -0.512 e. The van der Waals surface area contributed by atoms with Crippen molar-refractivity contribution in [2.75, 3.05) is 0 Å². The third-order valence-corrected chi connectivity index (χ3v) is 3.12. The largest absolute Gasteiger partial charge is 0.512 e. The van der Waals surface area contributed by atoms with Crippen molar-refractivity contribution in [1.82, 2.24) is 0 Å². The Bertz CT molecular complexity index is 570. The summed E-state index contributed by atoms with van der Waals surface area (Å²) in [6.45, 7) is 1.76. The topological polar surface area (TPSA) is 20.2 Å². The number of aliphatic hydroxyl groups excluding tert-OH is 1. The van der Waals surface area contributed by atoms with Crippen LogP contribution < -0.4 is 0 Å². The molecular formula is C14H12O. The molecule has 0 heterocycles. The third kappa shape index (κ3) is 1.09. The summed E-state index contributed by atoms with van der Waals surface area (Å²) in [7, 11) is 0. The van der Waals surface area contributed by atoms with E-state index in [0.29, 0.717) is 5.76 Å². The van der Waals surface area contributed by atoms with E-state index in [9.17, 15) is 5.11 Å². The monoisotopic (exact) mass is 196 g/mol. The predicted molar refractivity (Wildman–Crippen MR) is 62.9 cm³/mol. The summed E-state index contributed by atoms with van der Waals surface area (Å²) < 4.78 is 0. The second-order valence-corrected chi connectivity index (χ2v) is 4.06. The molecule has 1 aliphatic carbocycles. The molecule has 1 nitrogen and oxygen atoms in total. The zero-order valence-electron chi connectivity index (χ0n) is 8.62. The van der Waals surface area contributed by atoms with E-state index in [1.165, 1.54) is 21.9 Å². The first kappa shape index (κ1) is 8.54. The van der Waals surface area contributed by atoms with Crippen LogP contribution in [0.15, 0.2) is 42.2 Å². The summed E-state index contributed by atoms with van der Waals surface area (Å²) in [5.41, 5.74) is 3.59. The molecule has 0 aliphatic heterocycles. The van der Waals surface area contributed by atoms with Gasteiger partial charge in [-0.2, -0.15) is 0 Å². The lowest BCUT2D eigenvalue weighted by Gasteiger charge is -2.01. The molecule has 0 saturated heterocycles. The Kier molecular flexibility index (Phi) is 1.63. The van der Waals surface area contributed by atoms with E-state index in [1.54, 1.807) is 6.92 Å². The number of rotatable bonds is 0. The minimum absolute atomic E-state index is 0.443. The highest BCUT2D eigenvalue weighted by Gasteiger charge is 2.19. The lowest BCUT2D eigenvalue weighted by Crippen LogP contribution is -1.84. The first-order valence-electron chi connectivity index (χ1n) is 5.17. The fourth-order valence-electron chi connectivity index (χ4n) is 2.43. The molecule has 0 unspecified atom stereocenters. The van der Waals surface area contributed by atoms with Crippen molar-refractivity contribution in [2.45, 2.75) is 13.3 Å². The van der Waals surface area contributed by atoms with Gasteiger partial charge in [-0.15, -0.1) is 0 Å². The molecule has 0 aromatic heterocycles. The van der Waals surface area contributed by atoms with Gasteiger partial charge in [0.25, 0.3) is 0 Å². The maximum Gasteiger partial charge on any atom is 0.0933 e. The summed E-state index contributed by atoms with van der Waals surface area (Å²) >= 11 is 0. The van der Waals surface area contributed by atoms with Gasteiger partial charge in [-0.05, 0) is 28.8 Å². The summed E-state index contributed by atoms with van der Waals surface area (Å²) in [6.07, 6.45) is 0.860. The Hall–Kier alpha value is -1.76.